The molecular formula is C14H16N2O3. The number of allylic oxidation sites excluding steroid dienone is 1. The van der Waals surface area contributed by atoms with E-state index in [0.717, 1.165) is 11.1 Å². The number of nitrogens with one attached hydrogen (secondary N) is 1. The zero-order chi connectivity index (χ0) is 14.6. The Morgan fingerprint density at radius 1 is 1.42 bits per heavy atom. The molecule has 1 rings (SSSR count). The maximum atomic E-state index is 11.3. The van der Waals surface area contributed by atoms with E-state index in [1.54, 1.807) is 26.0 Å². The summed E-state index contributed by atoms with van der Waals surface area (Å²) in [5.74, 6) is -1.57. The highest BCUT2D eigenvalue weighted by Crippen LogP contribution is 2.15. The molecule has 0 fully saturated rings. The van der Waals surface area contributed by atoms with Crippen molar-refractivity contribution in [2.75, 3.05) is 0 Å². The first-order chi connectivity index (χ1) is 8.81. The molecular weight excluding hydrogens is 244 g/mol. The Balaban J connectivity index is 3.08. The molecule has 5 nitrogen and oxygen atoms in total. The number of aromatic carboxylic acids is 1. The van der Waals surface area contributed by atoms with E-state index in [0.29, 0.717) is 5.57 Å². The second kappa shape index (κ2) is 5.95. The van der Waals surface area contributed by atoms with Crippen molar-refractivity contribution in [2.24, 2.45) is 5.73 Å². The molecule has 0 aliphatic rings. The Hall–Kier alpha value is -2.43. The number of amides is 1. The number of nitrogens with two attached hydrogens (primary N) is 1. The fourth-order valence-electron chi connectivity index (χ4n) is 1.70. The van der Waals surface area contributed by atoms with E-state index < -0.39 is 11.9 Å². The molecule has 19 heavy (non-hydrogen) atoms. The van der Waals surface area contributed by atoms with Gasteiger partial charge < -0.3 is 16.2 Å². The zero-order valence-electron chi connectivity index (χ0n) is 10.9. The molecule has 1 amide bonds. The predicted octanol–water partition coefficient (Wildman–Crippen LogP) is 1.69. The molecule has 0 atom stereocenters. The average molecular weight is 260 g/mol. The van der Waals surface area contributed by atoms with E-state index in [2.05, 4.69) is 0 Å². The highest BCUT2D eigenvalue weighted by Gasteiger charge is 2.10. The zero-order valence-corrected chi connectivity index (χ0v) is 10.9. The van der Waals surface area contributed by atoms with Gasteiger partial charge in [0, 0.05) is 17.7 Å². The number of carboxylic acid groups (broad SMARTS) is 1. The molecule has 0 radical (unpaired) electrons. The summed E-state index contributed by atoms with van der Waals surface area (Å²) in [6.45, 7) is 3.33. The van der Waals surface area contributed by atoms with E-state index >= 15 is 0 Å². The fraction of sp³-hybridized carbons (Fsp3) is 0.214. The van der Waals surface area contributed by atoms with Crippen LogP contribution in [-0.4, -0.2) is 22.7 Å². The van der Waals surface area contributed by atoms with Crippen LogP contribution in [0.15, 0.2) is 29.8 Å². The Morgan fingerprint density at radius 2 is 2.05 bits per heavy atom. The van der Waals surface area contributed by atoms with Crippen LogP contribution in [0.4, 0.5) is 0 Å². The Labute approximate surface area is 111 Å². The van der Waals surface area contributed by atoms with Crippen molar-refractivity contribution in [3.05, 3.63) is 46.5 Å². The second-order valence-corrected chi connectivity index (χ2v) is 4.34. The van der Waals surface area contributed by atoms with Gasteiger partial charge in [-0.15, -0.1) is 0 Å². The van der Waals surface area contributed by atoms with E-state index in [4.69, 9.17) is 16.2 Å². The van der Waals surface area contributed by atoms with Gasteiger partial charge in [0.25, 0.3) is 0 Å². The first-order valence-electron chi connectivity index (χ1n) is 5.69. The van der Waals surface area contributed by atoms with Gasteiger partial charge in [0.15, 0.2) is 0 Å². The number of carbonyl (C=O) groups is 2. The first kappa shape index (κ1) is 14.6. The summed E-state index contributed by atoms with van der Waals surface area (Å²) >= 11 is 0. The van der Waals surface area contributed by atoms with Crippen molar-refractivity contribution in [1.82, 2.24) is 0 Å². The third kappa shape index (κ3) is 4.06. The lowest BCUT2D eigenvalue weighted by molar-refractivity contribution is -0.114. The summed E-state index contributed by atoms with van der Waals surface area (Å²) in [6, 6.07) is 4.70. The molecule has 0 spiro atoms. The lowest BCUT2D eigenvalue weighted by Crippen LogP contribution is -2.17. The lowest BCUT2D eigenvalue weighted by Gasteiger charge is -2.08. The summed E-state index contributed by atoms with van der Waals surface area (Å²) in [5.41, 5.74) is 7.63. The molecule has 0 saturated heterocycles. The number of carboxylic acids is 1. The van der Waals surface area contributed by atoms with E-state index in [1.165, 1.54) is 12.1 Å². The maximum absolute atomic E-state index is 11.3. The number of benzene rings is 1. The largest absolute Gasteiger partial charge is 0.478 e. The number of rotatable bonds is 5. The van der Waals surface area contributed by atoms with Crippen LogP contribution in [0.5, 0.6) is 0 Å². The fourth-order valence-corrected chi connectivity index (χ4v) is 1.70. The summed E-state index contributed by atoms with van der Waals surface area (Å²) in [7, 11) is 0. The summed E-state index contributed by atoms with van der Waals surface area (Å²) < 4.78 is 0. The number of hydrogen-bond donors (Lipinski definition) is 3. The molecule has 0 bridgehead atoms. The molecule has 0 aliphatic carbocycles. The molecule has 5 heteroatoms. The van der Waals surface area contributed by atoms with Gasteiger partial charge in [-0.1, -0.05) is 6.07 Å². The molecule has 0 saturated carbocycles. The Kier molecular flexibility index (Phi) is 4.58. The van der Waals surface area contributed by atoms with Gasteiger partial charge in [-0.05, 0) is 43.2 Å². The third-order valence-electron chi connectivity index (χ3n) is 2.68. The van der Waals surface area contributed by atoms with Crippen molar-refractivity contribution in [2.45, 2.75) is 20.3 Å². The standard InChI is InChI=1S/C14H16N2O3/c1-8-5-11(14(18)19)4-3-10(8)7-12(13(16)17)6-9(2)15/h3-6,15H,7H2,1-2H3,(H2,16,17)(H,18,19)/b12-6-,15-9?. The van der Waals surface area contributed by atoms with Gasteiger partial charge in [0.1, 0.15) is 0 Å². The Morgan fingerprint density at radius 3 is 2.47 bits per heavy atom. The smallest absolute Gasteiger partial charge is 0.335 e. The van der Waals surface area contributed by atoms with Crippen LogP contribution < -0.4 is 5.73 Å². The molecule has 1 aromatic carbocycles. The van der Waals surface area contributed by atoms with Gasteiger partial charge >= 0.3 is 5.97 Å². The first-order valence-corrected chi connectivity index (χ1v) is 5.69. The van der Waals surface area contributed by atoms with Crippen LogP contribution in [0.2, 0.25) is 0 Å². The maximum Gasteiger partial charge on any atom is 0.335 e. The minimum absolute atomic E-state index is 0.203. The minimum Gasteiger partial charge on any atom is -0.478 e. The SMILES string of the molecule is CC(=N)/C=C(/Cc1ccc(C(=O)O)cc1C)C(N)=O. The monoisotopic (exact) mass is 260 g/mol. The summed E-state index contributed by atoms with van der Waals surface area (Å²) in [4.78, 5) is 22.1. The molecule has 4 N–H and O–H groups in total. The average Bonchev–Trinajstić information content (AvgIpc) is 2.29. The molecule has 0 aromatic heterocycles. The van der Waals surface area contributed by atoms with Crippen LogP contribution in [-0.2, 0) is 11.2 Å². The summed E-state index contributed by atoms with van der Waals surface area (Å²) in [5, 5.41) is 16.2. The van der Waals surface area contributed by atoms with Crippen molar-refractivity contribution in [3.63, 3.8) is 0 Å². The van der Waals surface area contributed by atoms with Crippen LogP contribution in [0.1, 0.15) is 28.4 Å². The number of hydrogen-bond acceptors (Lipinski definition) is 3. The van der Waals surface area contributed by atoms with Gasteiger partial charge in [-0.2, -0.15) is 0 Å². The molecule has 1 aromatic rings. The third-order valence-corrected chi connectivity index (χ3v) is 2.68. The van der Waals surface area contributed by atoms with Crippen LogP contribution in [0, 0.1) is 12.3 Å². The quantitative estimate of drug-likeness (QED) is 0.554. The number of primary amides is 1. The normalized spacial score (nSPS) is 11.2. The predicted molar refractivity (Wildman–Crippen MR) is 72.5 cm³/mol. The van der Waals surface area contributed by atoms with E-state index in [1.807, 2.05) is 0 Å². The van der Waals surface area contributed by atoms with E-state index in [-0.39, 0.29) is 17.7 Å². The lowest BCUT2D eigenvalue weighted by atomic mass is 9.97. The highest BCUT2D eigenvalue weighted by molar-refractivity contribution is 6.01. The van der Waals surface area contributed by atoms with Crippen LogP contribution in [0.25, 0.3) is 0 Å². The molecule has 0 aliphatic heterocycles. The molecule has 0 heterocycles. The second-order valence-electron chi connectivity index (χ2n) is 4.34. The van der Waals surface area contributed by atoms with Gasteiger partial charge in [0.05, 0.1) is 5.56 Å². The van der Waals surface area contributed by atoms with Crippen molar-refractivity contribution >= 4 is 17.6 Å². The van der Waals surface area contributed by atoms with Crippen LogP contribution >= 0.6 is 0 Å². The van der Waals surface area contributed by atoms with E-state index in [9.17, 15) is 9.59 Å². The number of aryl methyl sites for hydroxylation is 1. The van der Waals surface area contributed by atoms with Gasteiger partial charge in [0.2, 0.25) is 5.91 Å². The van der Waals surface area contributed by atoms with Crippen molar-refractivity contribution in [1.29, 1.82) is 5.41 Å². The van der Waals surface area contributed by atoms with Gasteiger partial charge in [-0.3, -0.25) is 4.79 Å². The topological polar surface area (TPSA) is 104 Å². The Bertz CT molecular complexity index is 574. The van der Waals surface area contributed by atoms with Crippen LogP contribution in [0.3, 0.4) is 0 Å². The molecule has 0 unspecified atom stereocenters. The number of carbonyl (C=O) groups excluding carboxylic acids is 1. The minimum atomic E-state index is -0.990. The highest BCUT2D eigenvalue weighted by atomic mass is 16.4. The van der Waals surface area contributed by atoms with Crippen molar-refractivity contribution < 1.29 is 14.7 Å². The summed E-state index contributed by atoms with van der Waals surface area (Å²) in [6.07, 6.45) is 1.71. The molecule has 100 valence electrons. The van der Waals surface area contributed by atoms with Crippen molar-refractivity contribution in [3.8, 4) is 0 Å². The van der Waals surface area contributed by atoms with Gasteiger partial charge in [-0.25, -0.2) is 4.79 Å².